The highest BCUT2D eigenvalue weighted by Gasteiger charge is 2.67. The van der Waals surface area contributed by atoms with Crippen LogP contribution in [-0.4, -0.2) is 34.0 Å². The van der Waals surface area contributed by atoms with Crippen molar-refractivity contribution >= 4 is 5.97 Å². The molecule has 5 heteroatoms. The van der Waals surface area contributed by atoms with Gasteiger partial charge in [0.25, 0.3) is 0 Å². The molecular weight excluding hydrogens is 359 g/mol. The first-order valence-corrected chi connectivity index (χ1v) is 10.5. The smallest absolute Gasteiger partial charge is 0.303 e. The Labute approximate surface area is 166 Å². The topological polar surface area (TPSA) is 66.8 Å². The Morgan fingerprint density at radius 3 is 2.61 bits per heavy atom. The van der Waals surface area contributed by atoms with Crippen LogP contribution in [0, 0.1) is 40.9 Å². The van der Waals surface area contributed by atoms with E-state index in [-0.39, 0.29) is 17.2 Å². The van der Waals surface area contributed by atoms with E-state index in [1.54, 1.807) is 0 Å². The number of ether oxygens (including phenoxy) is 1. The minimum absolute atomic E-state index is 0.134. The number of terminal acetylenes is 1. The van der Waals surface area contributed by atoms with Gasteiger partial charge in [-0.05, 0) is 73.7 Å². The summed E-state index contributed by atoms with van der Waals surface area (Å²) in [4.78, 5) is 11.3. The average Bonchev–Trinajstić information content (AvgIpc) is 2.85. The van der Waals surface area contributed by atoms with Crippen LogP contribution in [0.2, 0.25) is 0 Å². The number of carbonyl (C=O) groups is 1. The van der Waals surface area contributed by atoms with Crippen molar-refractivity contribution in [1.82, 2.24) is 0 Å². The van der Waals surface area contributed by atoms with Crippen molar-refractivity contribution in [2.24, 2.45) is 28.6 Å². The van der Waals surface area contributed by atoms with E-state index in [1.165, 1.54) is 6.92 Å². The van der Waals surface area contributed by atoms with Gasteiger partial charge in [-0.1, -0.05) is 19.8 Å². The Morgan fingerprint density at radius 1 is 1.25 bits per heavy atom. The maximum Gasteiger partial charge on any atom is 0.303 e. The molecule has 0 aromatic rings. The zero-order chi connectivity index (χ0) is 20.5. The number of allylic oxidation sites excluding steroid dienone is 1. The lowest BCUT2D eigenvalue weighted by molar-refractivity contribution is -0.148. The number of rotatable bonds is 1. The van der Waals surface area contributed by atoms with Gasteiger partial charge in [-0.15, -0.1) is 6.42 Å². The quantitative estimate of drug-likeness (QED) is 0.531. The fourth-order valence-electron chi connectivity index (χ4n) is 7.37. The molecule has 0 aromatic heterocycles. The van der Waals surface area contributed by atoms with Crippen molar-refractivity contribution in [1.29, 1.82) is 0 Å². The number of esters is 1. The Morgan fingerprint density at radius 2 is 1.96 bits per heavy atom. The third kappa shape index (κ3) is 2.40. The number of hydrogen-bond acceptors (Lipinski definition) is 4. The third-order valence-electron chi connectivity index (χ3n) is 8.92. The molecule has 0 saturated heterocycles. The highest BCUT2D eigenvalue weighted by Crippen LogP contribution is 2.68. The Hall–Kier alpha value is -1.38. The van der Waals surface area contributed by atoms with Gasteiger partial charge >= 0.3 is 5.97 Å². The first kappa shape index (κ1) is 19.9. The number of fused-ring (bicyclic) bond motifs is 5. The number of aliphatic hydroxyl groups is 2. The van der Waals surface area contributed by atoms with Crippen LogP contribution in [0.25, 0.3) is 0 Å². The summed E-state index contributed by atoms with van der Waals surface area (Å²) in [5.41, 5.74) is -1.43. The molecule has 4 aliphatic rings. The zero-order valence-electron chi connectivity index (χ0n) is 17.0. The van der Waals surface area contributed by atoms with Gasteiger partial charge in [-0.2, -0.15) is 0 Å². The number of halogens is 1. The fraction of sp³-hybridized carbons (Fsp3) is 0.783. The van der Waals surface area contributed by atoms with Gasteiger partial charge in [0.1, 0.15) is 5.83 Å². The predicted octanol–water partition coefficient (Wildman–Crippen LogP) is 3.51. The molecular formula is C23H31FO4. The molecule has 4 nitrogen and oxygen atoms in total. The summed E-state index contributed by atoms with van der Waals surface area (Å²) in [5.74, 6) is 2.56. The standard InChI is InChI=1S/C23H31FO4/c1-5-23(27)19(26)12-17-14-6-7-16-20(24)18(28-13(2)25)9-10-21(16,3)15(14)8-11-22(17,23)4/h1,14-15,17-19,26-27H,6-12H2,2-4H3/t14-,15-,17+,18?,19?,21-,22+,23?/m1/s1. The highest BCUT2D eigenvalue weighted by atomic mass is 19.1. The molecule has 8 atom stereocenters. The van der Waals surface area contributed by atoms with Crippen LogP contribution in [0.1, 0.15) is 65.7 Å². The first-order valence-electron chi connectivity index (χ1n) is 10.5. The molecule has 3 unspecified atom stereocenters. The van der Waals surface area contributed by atoms with Crippen molar-refractivity contribution in [2.45, 2.75) is 83.5 Å². The molecule has 2 N–H and O–H groups in total. The van der Waals surface area contributed by atoms with E-state index in [9.17, 15) is 15.0 Å². The van der Waals surface area contributed by atoms with Crippen LogP contribution in [-0.2, 0) is 9.53 Å². The maximum absolute atomic E-state index is 15.2. The number of hydrogen-bond donors (Lipinski definition) is 2. The molecule has 28 heavy (non-hydrogen) atoms. The second-order valence-electron chi connectivity index (χ2n) is 9.91. The maximum atomic E-state index is 15.2. The minimum atomic E-state index is -1.49. The lowest BCUT2D eigenvalue weighted by Gasteiger charge is -2.58. The van der Waals surface area contributed by atoms with Gasteiger partial charge in [0.05, 0.1) is 6.10 Å². The summed E-state index contributed by atoms with van der Waals surface area (Å²) in [6.45, 7) is 5.50. The Kier molecular flexibility index (Phi) is 4.49. The minimum Gasteiger partial charge on any atom is -0.455 e. The van der Waals surface area contributed by atoms with Crippen LogP contribution in [0.4, 0.5) is 4.39 Å². The molecule has 3 saturated carbocycles. The largest absolute Gasteiger partial charge is 0.455 e. The molecule has 0 heterocycles. The van der Waals surface area contributed by atoms with Crippen molar-refractivity contribution in [3.05, 3.63) is 11.4 Å². The lowest BCUT2D eigenvalue weighted by Crippen LogP contribution is -2.56. The molecule has 0 aromatic carbocycles. The van der Waals surface area contributed by atoms with Gasteiger partial charge in [0.2, 0.25) is 0 Å². The summed E-state index contributed by atoms with van der Waals surface area (Å²) in [7, 11) is 0. The highest BCUT2D eigenvalue weighted by molar-refractivity contribution is 5.66. The van der Waals surface area contributed by atoms with Crippen LogP contribution < -0.4 is 0 Å². The van der Waals surface area contributed by atoms with Gasteiger partial charge in [0.15, 0.2) is 11.7 Å². The van der Waals surface area contributed by atoms with E-state index >= 15 is 4.39 Å². The van der Waals surface area contributed by atoms with Crippen molar-refractivity contribution in [3.8, 4) is 12.3 Å². The number of carbonyl (C=O) groups excluding carboxylic acids is 1. The van der Waals surface area contributed by atoms with E-state index in [4.69, 9.17) is 11.2 Å². The zero-order valence-corrected chi connectivity index (χ0v) is 17.0. The van der Waals surface area contributed by atoms with E-state index in [2.05, 4.69) is 12.8 Å². The van der Waals surface area contributed by atoms with Gasteiger partial charge in [-0.25, -0.2) is 4.39 Å². The van der Waals surface area contributed by atoms with Crippen molar-refractivity contribution in [3.63, 3.8) is 0 Å². The third-order valence-corrected chi connectivity index (χ3v) is 8.92. The summed E-state index contributed by atoms with van der Waals surface area (Å²) >= 11 is 0. The predicted molar refractivity (Wildman–Crippen MR) is 102 cm³/mol. The summed E-state index contributed by atoms with van der Waals surface area (Å²) in [6, 6.07) is 0. The molecule has 4 rings (SSSR count). The molecule has 0 bridgehead atoms. The normalized spacial score (nSPS) is 50.2. The van der Waals surface area contributed by atoms with Gasteiger partial charge in [-0.3, -0.25) is 4.79 Å². The second kappa shape index (κ2) is 6.31. The van der Waals surface area contributed by atoms with E-state index in [1.807, 2.05) is 6.92 Å². The van der Waals surface area contributed by atoms with Crippen LogP contribution in [0.5, 0.6) is 0 Å². The van der Waals surface area contributed by atoms with E-state index < -0.39 is 29.2 Å². The SMILES string of the molecule is C#CC1(O)C(O)C[C@H]2[C@@H]3CCC4=C(F)C(OC(C)=O)CC[C@]4(C)[C@@H]3CC[C@@]21C. The van der Waals surface area contributed by atoms with E-state index in [0.29, 0.717) is 31.1 Å². The molecule has 4 aliphatic carbocycles. The lowest BCUT2D eigenvalue weighted by atomic mass is 9.46. The molecule has 0 aliphatic heterocycles. The van der Waals surface area contributed by atoms with Gasteiger partial charge in [0, 0.05) is 12.3 Å². The van der Waals surface area contributed by atoms with Crippen LogP contribution >= 0.6 is 0 Å². The van der Waals surface area contributed by atoms with Crippen LogP contribution in [0.3, 0.4) is 0 Å². The fourth-order valence-corrected chi connectivity index (χ4v) is 7.37. The second-order valence-corrected chi connectivity index (χ2v) is 9.91. The number of aliphatic hydroxyl groups excluding tert-OH is 1. The molecule has 0 radical (unpaired) electrons. The summed E-state index contributed by atoms with van der Waals surface area (Å²) < 4.78 is 20.4. The summed E-state index contributed by atoms with van der Waals surface area (Å²) in [6.07, 6.45) is 8.87. The molecule has 154 valence electrons. The first-order chi connectivity index (χ1) is 13.1. The average molecular weight is 390 g/mol. The van der Waals surface area contributed by atoms with Crippen molar-refractivity contribution < 1.29 is 24.1 Å². The molecule has 3 fully saturated rings. The van der Waals surface area contributed by atoms with E-state index in [0.717, 1.165) is 31.3 Å². The molecule has 0 amide bonds. The Bertz CT molecular complexity index is 769. The Balaban J connectivity index is 1.68. The monoisotopic (exact) mass is 390 g/mol. The van der Waals surface area contributed by atoms with Crippen LogP contribution in [0.15, 0.2) is 11.4 Å². The summed E-state index contributed by atoms with van der Waals surface area (Å²) in [5, 5.41) is 21.6. The van der Waals surface area contributed by atoms with Gasteiger partial charge < -0.3 is 14.9 Å². The molecule has 0 spiro atoms. The van der Waals surface area contributed by atoms with Crippen molar-refractivity contribution in [2.75, 3.05) is 0 Å².